The second kappa shape index (κ2) is 8.71. The molecule has 30 heavy (non-hydrogen) atoms. The molecule has 2 aromatic carbocycles. The van der Waals surface area contributed by atoms with Crippen molar-refractivity contribution in [2.24, 2.45) is 0 Å². The van der Waals surface area contributed by atoms with Crippen LogP contribution in [0.3, 0.4) is 0 Å². The van der Waals surface area contributed by atoms with Crippen LogP contribution in [-0.2, 0) is 4.74 Å². The topological polar surface area (TPSA) is 56.6 Å². The second-order valence-corrected chi connectivity index (χ2v) is 8.93. The van der Waals surface area contributed by atoms with Gasteiger partial charge in [-0.05, 0) is 63.6 Å². The second-order valence-electron chi connectivity index (χ2n) is 8.11. The molecule has 3 rings (SSSR count). The number of hydrogen-bond donors (Lipinski definition) is 0. The number of anilines is 2. The predicted molar refractivity (Wildman–Crippen MR) is 116 cm³/mol. The van der Waals surface area contributed by atoms with E-state index >= 15 is 0 Å². The van der Waals surface area contributed by atoms with E-state index in [9.17, 15) is 9.18 Å². The number of nitriles is 1. The van der Waals surface area contributed by atoms with Crippen LogP contribution in [0, 0.1) is 17.1 Å². The monoisotopic (exact) mass is 449 g/mol. The Balaban J connectivity index is 1.94. The van der Waals surface area contributed by atoms with Crippen LogP contribution in [-0.4, -0.2) is 35.7 Å². The van der Waals surface area contributed by atoms with Crippen molar-refractivity contribution in [2.75, 3.05) is 18.0 Å². The Morgan fingerprint density at radius 3 is 2.40 bits per heavy atom. The van der Waals surface area contributed by atoms with Crippen molar-refractivity contribution in [3.8, 4) is 6.07 Å². The smallest absolute Gasteiger partial charge is 0.410 e. The third-order valence-corrected chi connectivity index (χ3v) is 5.32. The van der Waals surface area contributed by atoms with E-state index in [1.807, 2.05) is 31.7 Å². The minimum atomic E-state index is -0.583. The molecule has 2 aromatic rings. The Labute approximate surface area is 185 Å². The summed E-state index contributed by atoms with van der Waals surface area (Å²) in [6, 6.07) is 11.5. The number of benzene rings is 2. The molecule has 1 atom stereocenters. The molecule has 5 nitrogen and oxygen atoms in total. The maximum atomic E-state index is 13.8. The highest BCUT2D eigenvalue weighted by Crippen LogP contribution is 2.36. The zero-order valence-corrected chi connectivity index (χ0v) is 18.5. The SMILES string of the molecule is CC(C)(C)OC(=O)N1CC[C@H](N(c2ccc(F)c(Cl)c2)c2ccc(C#N)c(Cl)c2)C1. The lowest BCUT2D eigenvalue weighted by Gasteiger charge is -2.32. The first-order valence-corrected chi connectivity index (χ1v) is 10.3. The molecule has 0 saturated carbocycles. The summed E-state index contributed by atoms with van der Waals surface area (Å²) in [6.45, 7) is 6.41. The molecule has 8 heteroatoms. The Bertz CT molecular complexity index is 1000. The fraction of sp³-hybridized carbons (Fsp3) is 0.364. The molecule has 1 aliphatic heterocycles. The largest absolute Gasteiger partial charge is 0.444 e. The van der Waals surface area contributed by atoms with Crippen molar-refractivity contribution < 1.29 is 13.9 Å². The van der Waals surface area contributed by atoms with E-state index in [2.05, 4.69) is 0 Å². The summed E-state index contributed by atoms with van der Waals surface area (Å²) in [5.74, 6) is -0.514. The minimum Gasteiger partial charge on any atom is -0.444 e. The van der Waals surface area contributed by atoms with E-state index in [0.717, 1.165) is 5.69 Å². The molecule has 0 radical (unpaired) electrons. The zero-order valence-electron chi connectivity index (χ0n) is 17.0. The molecule has 0 aliphatic carbocycles. The molecule has 158 valence electrons. The van der Waals surface area contributed by atoms with Crippen LogP contribution >= 0.6 is 23.2 Å². The van der Waals surface area contributed by atoms with Gasteiger partial charge in [0.05, 0.1) is 21.7 Å². The van der Waals surface area contributed by atoms with Crippen LogP contribution in [0.1, 0.15) is 32.8 Å². The summed E-state index contributed by atoms with van der Waals surface area (Å²) >= 11 is 12.3. The van der Waals surface area contributed by atoms with E-state index in [0.29, 0.717) is 35.8 Å². The molecule has 0 bridgehead atoms. The summed E-state index contributed by atoms with van der Waals surface area (Å²) in [7, 11) is 0. The quantitative estimate of drug-likeness (QED) is 0.563. The number of amides is 1. The normalized spacial score (nSPS) is 16.3. The van der Waals surface area contributed by atoms with Gasteiger partial charge in [-0.25, -0.2) is 9.18 Å². The van der Waals surface area contributed by atoms with Gasteiger partial charge >= 0.3 is 6.09 Å². The molecule has 0 aromatic heterocycles. The van der Waals surface area contributed by atoms with Gasteiger partial charge in [-0.1, -0.05) is 23.2 Å². The molecular weight excluding hydrogens is 428 g/mol. The fourth-order valence-electron chi connectivity index (χ4n) is 3.40. The molecule has 1 heterocycles. The molecule has 1 fully saturated rings. The van der Waals surface area contributed by atoms with Crippen LogP contribution in [0.4, 0.5) is 20.6 Å². The van der Waals surface area contributed by atoms with Gasteiger partial charge in [0.25, 0.3) is 0 Å². The number of carbonyl (C=O) groups excluding carboxylic acids is 1. The van der Waals surface area contributed by atoms with Gasteiger partial charge in [0.2, 0.25) is 0 Å². The van der Waals surface area contributed by atoms with Crippen molar-refractivity contribution in [2.45, 2.75) is 38.8 Å². The van der Waals surface area contributed by atoms with Crippen molar-refractivity contribution >= 4 is 40.7 Å². The van der Waals surface area contributed by atoms with E-state index in [1.54, 1.807) is 35.2 Å². The van der Waals surface area contributed by atoms with Crippen LogP contribution in [0.5, 0.6) is 0 Å². The van der Waals surface area contributed by atoms with E-state index in [-0.39, 0.29) is 17.2 Å². The van der Waals surface area contributed by atoms with Crippen LogP contribution in [0.25, 0.3) is 0 Å². The lowest BCUT2D eigenvalue weighted by atomic mass is 10.1. The van der Waals surface area contributed by atoms with E-state index < -0.39 is 11.4 Å². The summed E-state index contributed by atoms with van der Waals surface area (Å²) in [5.41, 5.74) is 1.16. The zero-order chi connectivity index (χ0) is 22.1. The summed E-state index contributed by atoms with van der Waals surface area (Å²) in [6.07, 6.45) is 0.297. The van der Waals surface area contributed by atoms with Gasteiger partial charge in [-0.3, -0.25) is 0 Å². The van der Waals surface area contributed by atoms with Gasteiger partial charge < -0.3 is 14.5 Å². The number of ether oxygens (including phenoxy) is 1. The molecule has 1 saturated heterocycles. The van der Waals surface area contributed by atoms with Crippen molar-refractivity contribution in [3.63, 3.8) is 0 Å². The number of hydrogen-bond acceptors (Lipinski definition) is 4. The lowest BCUT2D eigenvalue weighted by molar-refractivity contribution is 0.0293. The first-order valence-electron chi connectivity index (χ1n) is 9.51. The van der Waals surface area contributed by atoms with Crippen molar-refractivity contribution in [1.29, 1.82) is 5.26 Å². The number of nitrogens with zero attached hydrogens (tertiary/aromatic N) is 3. The van der Waals surface area contributed by atoms with E-state index in [4.69, 9.17) is 33.2 Å². The number of carbonyl (C=O) groups is 1. The summed E-state index contributed by atoms with van der Waals surface area (Å²) < 4.78 is 19.2. The van der Waals surface area contributed by atoms with Gasteiger partial charge in [0.15, 0.2) is 0 Å². The average Bonchev–Trinajstić information content (AvgIpc) is 3.13. The van der Waals surface area contributed by atoms with Gasteiger partial charge in [0, 0.05) is 24.5 Å². The highest BCUT2D eigenvalue weighted by Gasteiger charge is 2.34. The highest BCUT2D eigenvalue weighted by atomic mass is 35.5. The fourth-order valence-corrected chi connectivity index (χ4v) is 3.79. The lowest BCUT2D eigenvalue weighted by Crippen LogP contribution is -2.39. The Kier molecular flexibility index (Phi) is 6.44. The summed E-state index contributed by atoms with van der Waals surface area (Å²) in [5, 5.41) is 9.48. The van der Waals surface area contributed by atoms with Gasteiger partial charge in [-0.15, -0.1) is 0 Å². The van der Waals surface area contributed by atoms with Crippen LogP contribution < -0.4 is 4.90 Å². The van der Waals surface area contributed by atoms with Crippen molar-refractivity contribution in [3.05, 3.63) is 57.8 Å². The molecular formula is C22H22Cl2FN3O2. The van der Waals surface area contributed by atoms with Gasteiger partial charge in [0.1, 0.15) is 17.5 Å². The maximum Gasteiger partial charge on any atom is 0.410 e. The first kappa shape index (κ1) is 22.2. The maximum absolute atomic E-state index is 13.8. The van der Waals surface area contributed by atoms with Crippen molar-refractivity contribution in [1.82, 2.24) is 4.90 Å². The molecule has 1 amide bonds. The van der Waals surface area contributed by atoms with Crippen LogP contribution in [0.2, 0.25) is 10.0 Å². The van der Waals surface area contributed by atoms with E-state index in [1.165, 1.54) is 6.07 Å². The molecule has 0 N–H and O–H groups in total. The third kappa shape index (κ3) is 4.97. The highest BCUT2D eigenvalue weighted by molar-refractivity contribution is 6.32. The Morgan fingerprint density at radius 2 is 1.83 bits per heavy atom. The van der Waals surface area contributed by atoms with Gasteiger partial charge in [-0.2, -0.15) is 5.26 Å². The third-order valence-electron chi connectivity index (χ3n) is 4.71. The summed E-state index contributed by atoms with van der Waals surface area (Å²) in [4.78, 5) is 16.1. The molecule has 0 unspecified atom stereocenters. The molecule has 0 spiro atoms. The number of halogens is 3. The minimum absolute atomic E-state index is 0.000706. The Hall–Kier alpha value is -2.49. The standard InChI is InChI=1S/C22H22Cl2FN3O2/c1-22(2,3)30-21(29)27-9-8-17(13-27)28(16-6-7-20(25)19(24)11-16)15-5-4-14(12-26)18(23)10-15/h4-7,10-11,17H,8-9,13H2,1-3H3/t17-/m0/s1. The Morgan fingerprint density at radius 1 is 1.20 bits per heavy atom. The molecule has 1 aliphatic rings. The predicted octanol–water partition coefficient (Wildman–Crippen LogP) is 6.15. The average molecular weight is 450 g/mol. The first-order chi connectivity index (χ1) is 14.1. The number of likely N-dealkylation sites (tertiary alicyclic amines) is 1. The number of rotatable bonds is 3. The van der Waals surface area contributed by atoms with Crippen LogP contribution in [0.15, 0.2) is 36.4 Å².